The van der Waals surface area contributed by atoms with Crippen molar-refractivity contribution in [2.75, 3.05) is 27.8 Å². The van der Waals surface area contributed by atoms with Crippen LogP contribution in [0.5, 0.6) is 0 Å². The van der Waals surface area contributed by atoms with Crippen molar-refractivity contribution in [1.82, 2.24) is 9.97 Å². The van der Waals surface area contributed by atoms with Crippen LogP contribution in [0.2, 0.25) is 0 Å². The van der Waals surface area contributed by atoms with Gasteiger partial charge < -0.3 is 21.3 Å². The van der Waals surface area contributed by atoms with Crippen LogP contribution in [0, 0.1) is 5.82 Å². The minimum atomic E-state index is -0.352. The molecule has 0 saturated heterocycles. The zero-order chi connectivity index (χ0) is 27.9. The third kappa shape index (κ3) is 6.46. The second-order valence-electron chi connectivity index (χ2n) is 8.84. The summed E-state index contributed by atoms with van der Waals surface area (Å²) in [6, 6.07) is 24.1. The summed E-state index contributed by atoms with van der Waals surface area (Å²) in [5.41, 5.74) is 4.59. The lowest BCUT2D eigenvalue weighted by Crippen LogP contribution is -2.12. The Morgan fingerprint density at radius 3 is 2.40 bits per heavy atom. The predicted molar refractivity (Wildman–Crippen MR) is 157 cm³/mol. The van der Waals surface area contributed by atoms with Gasteiger partial charge in [-0.1, -0.05) is 18.7 Å². The van der Waals surface area contributed by atoms with Gasteiger partial charge in [0.2, 0.25) is 0 Å². The van der Waals surface area contributed by atoms with Crippen LogP contribution in [0.25, 0.3) is 10.9 Å². The predicted octanol–water partition coefficient (Wildman–Crippen LogP) is 6.68. The van der Waals surface area contributed by atoms with Gasteiger partial charge in [-0.15, -0.1) is 0 Å². The highest BCUT2D eigenvalue weighted by Gasteiger charge is 2.10. The molecule has 2 heterocycles. The molecule has 9 heteroatoms. The average Bonchev–Trinajstić information content (AvgIpc) is 2.97. The van der Waals surface area contributed by atoms with E-state index in [9.17, 15) is 14.0 Å². The number of hydrogen-bond donors (Lipinski definition) is 4. The minimum Gasteiger partial charge on any atom is -0.363 e. The third-order valence-electron chi connectivity index (χ3n) is 5.95. The number of halogens is 1. The molecule has 0 aliphatic rings. The molecule has 3 aromatic carbocycles. The summed E-state index contributed by atoms with van der Waals surface area (Å²) in [6.45, 7) is 3.57. The summed E-state index contributed by atoms with van der Waals surface area (Å²) < 4.78 is 13.8. The molecule has 5 aromatic rings. The first-order valence-corrected chi connectivity index (χ1v) is 12.4. The molecule has 0 unspecified atom stereocenters. The van der Waals surface area contributed by atoms with Gasteiger partial charge in [0, 0.05) is 57.8 Å². The molecule has 2 aromatic heterocycles. The van der Waals surface area contributed by atoms with Crippen molar-refractivity contribution in [2.45, 2.75) is 0 Å². The van der Waals surface area contributed by atoms with Gasteiger partial charge in [0.25, 0.3) is 5.91 Å². The van der Waals surface area contributed by atoms with Crippen molar-refractivity contribution in [3.63, 3.8) is 0 Å². The van der Waals surface area contributed by atoms with E-state index in [0.717, 1.165) is 11.4 Å². The lowest BCUT2D eigenvalue weighted by molar-refractivity contribution is -0.113. The van der Waals surface area contributed by atoms with Gasteiger partial charge in [0.15, 0.2) is 5.78 Å². The first-order chi connectivity index (χ1) is 19.5. The van der Waals surface area contributed by atoms with E-state index < -0.39 is 0 Å². The van der Waals surface area contributed by atoms with E-state index in [2.05, 4.69) is 37.8 Å². The highest BCUT2D eigenvalue weighted by atomic mass is 19.1. The number of nitrogens with zero attached hydrogens (tertiary/aromatic N) is 2. The Balaban J connectivity index is 1.27. The van der Waals surface area contributed by atoms with Crippen LogP contribution in [0.15, 0.2) is 110 Å². The number of pyridine rings is 2. The largest absolute Gasteiger partial charge is 0.363 e. The number of nitrogens with one attached hydrogen (secondary N) is 4. The number of benzene rings is 3. The number of hydrogen-bond acceptors (Lipinski definition) is 7. The summed E-state index contributed by atoms with van der Waals surface area (Å²) in [5.74, 6) is -0.225. The Kier molecular flexibility index (Phi) is 7.73. The number of fused-ring (bicyclic) bond motifs is 1. The van der Waals surface area contributed by atoms with E-state index in [1.54, 1.807) is 60.9 Å². The fraction of sp³-hybridized carbons (Fsp3) is 0.0323. The number of ketones is 1. The van der Waals surface area contributed by atoms with Gasteiger partial charge in [0.05, 0.1) is 12.1 Å². The van der Waals surface area contributed by atoms with Gasteiger partial charge in [0.1, 0.15) is 11.6 Å². The third-order valence-corrected chi connectivity index (χ3v) is 5.95. The molecule has 0 aliphatic heterocycles. The molecule has 0 bridgehead atoms. The minimum absolute atomic E-state index is 0.107. The number of anilines is 6. The number of aromatic nitrogens is 2. The Hall–Kier alpha value is -5.57. The first kappa shape index (κ1) is 26.1. The number of carbonyl (C=O) groups is 2. The SMILES string of the molecule is C=CC(=O)CNc1cc(Nc2cccc(NC(=O)c3cccc(Nc4ccnc5ccc(F)cc45)c3)c2)ccn1. The molecule has 0 radical (unpaired) electrons. The molecule has 0 atom stereocenters. The molecule has 0 aliphatic carbocycles. The second kappa shape index (κ2) is 11.9. The molecule has 1 amide bonds. The fourth-order valence-corrected chi connectivity index (χ4v) is 4.02. The van der Waals surface area contributed by atoms with Gasteiger partial charge in [-0.2, -0.15) is 0 Å². The quantitative estimate of drug-likeness (QED) is 0.149. The molecule has 8 nitrogen and oxygen atoms in total. The van der Waals surface area contributed by atoms with E-state index >= 15 is 0 Å². The van der Waals surface area contributed by atoms with E-state index in [-0.39, 0.29) is 24.1 Å². The van der Waals surface area contributed by atoms with Crippen LogP contribution >= 0.6 is 0 Å². The number of carbonyl (C=O) groups excluding carboxylic acids is 2. The first-order valence-electron chi connectivity index (χ1n) is 12.4. The van der Waals surface area contributed by atoms with Crippen molar-refractivity contribution in [2.24, 2.45) is 0 Å². The molecular formula is C31H25FN6O2. The van der Waals surface area contributed by atoms with Gasteiger partial charge in [-0.25, -0.2) is 9.37 Å². The molecule has 0 saturated carbocycles. The van der Waals surface area contributed by atoms with E-state index in [1.807, 2.05) is 24.3 Å². The lowest BCUT2D eigenvalue weighted by Gasteiger charge is -2.12. The normalized spacial score (nSPS) is 10.5. The van der Waals surface area contributed by atoms with Crippen LogP contribution in [0.4, 0.5) is 38.6 Å². The Bertz CT molecular complexity index is 1720. The lowest BCUT2D eigenvalue weighted by atomic mass is 10.1. The van der Waals surface area contributed by atoms with Crippen molar-refractivity contribution >= 4 is 56.8 Å². The molecule has 5 rings (SSSR count). The molecular weight excluding hydrogens is 507 g/mol. The Labute approximate surface area is 230 Å². The maximum atomic E-state index is 13.8. The van der Waals surface area contributed by atoms with E-state index in [4.69, 9.17) is 0 Å². The maximum absolute atomic E-state index is 13.8. The standard InChI is InChI=1S/C31H25FN6O2/c1-2-26(39)19-35-30-18-25(11-13-34-30)36-23-7-4-8-24(17-23)38-31(40)20-5-3-6-22(15-20)37-29-12-14-33-28-10-9-21(32)16-27(28)29/h2-18H,1,19H2,(H,33,37)(H,38,40)(H2,34,35,36). The summed E-state index contributed by atoms with van der Waals surface area (Å²) in [7, 11) is 0. The number of amides is 1. The monoisotopic (exact) mass is 532 g/mol. The molecule has 40 heavy (non-hydrogen) atoms. The van der Waals surface area contributed by atoms with Crippen molar-refractivity contribution in [1.29, 1.82) is 0 Å². The zero-order valence-electron chi connectivity index (χ0n) is 21.3. The van der Waals surface area contributed by atoms with Gasteiger partial charge >= 0.3 is 0 Å². The average molecular weight is 533 g/mol. The summed E-state index contributed by atoms with van der Waals surface area (Å²) >= 11 is 0. The van der Waals surface area contributed by atoms with Crippen LogP contribution < -0.4 is 21.3 Å². The van der Waals surface area contributed by atoms with Crippen LogP contribution in [-0.4, -0.2) is 28.2 Å². The highest BCUT2D eigenvalue weighted by Crippen LogP contribution is 2.27. The fourth-order valence-electron chi connectivity index (χ4n) is 4.02. The maximum Gasteiger partial charge on any atom is 0.255 e. The smallest absolute Gasteiger partial charge is 0.255 e. The Morgan fingerprint density at radius 1 is 0.800 bits per heavy atom. The Morgan fingerprint density at radius 2 is 1.55 bits per heavy atom. The van der Waals surface area contributed by atoms with Crippen molar-refractivity contribution in [3.05, 3.63) is 121 Å². The zero-order valence-corrected chi connectivity index (χ0v) is 21.3. The summed E-state index contributed by atoms with van der Waals surface area (Å²) in [6.07, 6.45) is 4.53. The van der Waals surface area contributed by atoms with Crippen LogP contribution in [0.3, 0.4) is 0 Å². The van der Waals surface area contributed by atoms with Crippen molar-refractivity contribution in [3.8, 4) is 0 Å². The molecule has 0 spiro atoms. The molecule has 198 valence electrons. The second-order valence-corrected chi connectivity index (χ2v) is 8.84. The van der Waals surface area contributed by atoms with Crippen LogP contribution in [-0.2, 0) is 4.79 Å². The molecule has 4 N–H and O–H groups in total. The highest BCUT2D eigenvalue weighted by molar-refractivity contribution is 6.05. The van der Waals surface area contributed by atoms with Crippen LogP contribution in [0.1, 0.15) is 10.4 Å². The summed E-state index contributed by atoms with van der Waals surface area (Å²) in [5, 5.41) is 13.1. The topological polar surface area (TPSA) is 108 Å². The van der Waals surface area contributed by atoms with Gasteiger partial charge in [-0.3, -0.25) is 14.6 Å². The summed E-state index contributed by atoms with van der Waals surface area (Å²) in [4.78, 5) is 33.0. The molecule has 0 fully saturated rings. The van der Waals surface area contributed by atoms with Crippen molar-refractivity contribution < 1.29 is 14.0 Å². The van der Waals surface area contributed by atoms with E-state index in [1.165, 1.54) is 18.2 Å². The number of rotatable bonds is 10. The van der Waals surface area contributed by atoms with Gasteiger partial charge in [-0.05, 0) is 72.8 Å². The van der Waals surface area contributed by atoms with E-state index in [0.29, 0.717) is 39.3 Å².